The molecule has 3 atom stereocenters. The number of rotatable bonds is 13. The van der Waals surface area contributed by atoms with Gasteiger partial charge < -0.3 is 25.2 Å². The number of aryl methyl sites for hydroxylation is 1. The second-order valence-electron chi connectivity index (χ2n) is 10.3. The van der Waals surface area contributed by atoms with Crippen LogP contribution in [0.2, 0.25) is 0 Å². The van der Waals surface area contributed by atoms with Crippen LogP contribution in [0.15, 0.2) is 41.5 Å². The minimum atomic E-state index is -1.12. The average Bonchev–Trinajstić information content (AvgIpc) is 2.71. The Labute approximate surface area is 210 Å². The van der Waals surface area contributed by atoms with Crippen LogP contribution in [0.5, 0.6) is 11.5 Å². The van der Waals surface area contributed by atoms with Crippen LogP contribution in [0.4, 0.5) is 0 Å². The fourth-order valence-electron chi connectivity index (χ4n) is 3.77. The third-order valence-electron chi connectivity index (χ3n) is 6.12. The van der Waals surface area contributed by atoms with Gasteiger partial charge in [0.15, 0.2) is 0 Å². The number of benzene rings is 1. The first kappa shape index (κ1) is 30.5. The Kier molecular flexibility index (Phi) is 11.7. The van der Waals surface area contributed by atoms with Gasteiger partial charge in [0.05, 0.1) is 11.2 Å². The molecule has 196 valence electrons. The second-order valence-corrected chi connectivity index (χ2v) is 10.3. The summed E-state index contributed by atoms with van der Waals surface area (Å²) in [6.07, 6.45) is 10.2. The summed E-state index contributed by atoms with van der Waals surface area (Å²) in [6.45, 7) is 12.5. The summed E-state index contributed by atoms with van der Waals surface area (Å²) in [5.74, 6) is -0.277. The molecule has 0 aromatic heterocycles. The van der Waals surface area contributed by atoms with Gasteiger partial charge in [0.1, 0.15) is 17.6 Å². The highest BCUT2D eigenvalue weighted by Gasteiger charge is 2.33. The number of esters is 1. The van der Waals surface area contributed by atoms with Gasteiger partial charge in [-0.2, -0.15) is 0 Å². The largest absolute Gasteiger partial charge is 0.508 e. The SMILES string of the molecule is CC(=O)O[C@H](CCC(C)=CCC[C@](C)(O)C=Cc1cc(O)c(C)cc1O)[C@@](C)(O)CCC=C(C)C. The maximum Gasteiger partial charge on any atom is 0.303 e. The highest BCUT2D eigenvalue weighted by Crippen LogP contribution is 2.29. The maximum atomic E-state index is 11.6. The lowest BCUT2D eigenvalue weighted by Crippen LogP contribution is -2.42. The van der Waals surface area contributed by atoms with Crippen molar-refractivity contribution in [1.29, 1.82) is 0 Å². The quantitative estimate of drug-likeness (QED) is 0.152. The molecule has 0 saturated heterocycles. The van der Waals surface area contributed by atoms with Crippen molar-refractivity contribution in [2.24, 2.45) is 0 Å². The van der Waals surface area contributed by atoms with E-state index >= 15 is 0 Å². The molecule has 0 aliphatic heterocycles. The highest BCUT2D eigenvalue weighted by molar-refractivity contribution is 5.66. The van der Waals surface area contributed by atoms with Crippen molar-refractivity contribution in [2.75, 3.05) is 0 Å². The Morgan fingerprint density at radius 2 is 1.63 bits per heavy atom. The van der Waals surface area contributed by atoms with Gasteiger partial charge in [0.2, 0.25) is 0 Å². The van der Waals surface area contributed by atoms with Crippen molar-refractivity contribution < 1.29 is 30.0 Å². The van der Waals surface area contributed by atoms with Crippen molar-refractivity contribution in [1.82, 2.24) is 0 Å². The molecule has 1 rings (SSSR count). The Morgan fingerprint density at radius 1 is 1.00 bits per heavy atom. The molecule has 0 unspecified atom stereocenters. The molecule has 6 heteroatoms. The van der Waals surface area contributed by atoms with E-state index in [4.69, 9.17) is 4.74 Å². The van der Waals surface area contributed by atoms with Crippen LogP contribution in [0.1, 0.15) is 91.2 Å². The fourth-order valence-corrected chi connectivity index (χ4v) is 3.77. The summed E-state index contributed by atoms with van der Waals surface area (Å²) >= 11 is 0. The molecular weight excluding hydrogens is 444 g/mol. The minimum absolute atomic E-state index is 0.0437. The zero-order chi connectivity index (χ0) is 26.8. The topological polar surface area (TPSA) is 107 Å². The van der Waals surface area contributed by atoms with Crippen molar-refractivity contribution in [3.8, 4) is 11.5 Å². The smallest absolute Gasteiger partial charge is 0.303 e. The molecule has 0 amide bonds. The number of allylic oxidation sites excluding steroid dienone is 4. The van der Waals surface area contributed by atoms with Crippen LogP contribution >= 0.6 is 0 Å². The number of carbonyl (C=O) groups excluding carboxylic acids is 1. The fraction of sp³-hybridized carbons (Fsp3) is 0.552. The van der Waals surface area contributed by atoms with Crippen LogP contribution in [0.3, 0.4) is 0 Å². The number of phenols is 2. The summed E-state index contributed by atoms with van der Waals surface area (Å²) in [4.78, 5) is 11.6. The molecule has 0 radical (unpaired) electrons. The molecule has 0 fully saturated rings. The van der Waals surface area contributed by atoms with E-state index < -0.39 is 23.3 Å². The zero-order valence-corrected chi connectivity index (χ0v) is 22.4. The Balaban J connectivity index is 2.70. The normalized spacial score (nSPS) is 16.4. The summed E-state index contributed by atoms with van der Waals surface area (Å²) < 4.78 is 5.46. The van der Waals surface area contributed by atoms with Gasteiger partial charge in [0, 0.05) is 12.5 Å². The van der Waals surface area contributed by atoms with Crippen molar-refractivity contribution in [3.05, 3.63) is 52.6 Å². The molecule has 0 spiro atoms. The van der Waals surface area contributed by atoms with E-state index in [0.29, 0.717) is 49.7 Å². The standard InChI is InChI=1S/C29H44O6/c1-20(2)10-8-16-29(7,34)27(35-23(5)30)13-12-21(3)11-9-15-28(6,33)17-14-24-19-25(31)22(4)18-26(24)32/h10-11,14,17-19,27,31-34H,8-9,12-13,15-16H2,1-7H3/t27-,28+,29+/m1/s1. The van der Waals surface area contributed by atoms with Gasteiger partial charge in [-0.15, -0.1) is 0 Å². The lowest BCUT2D eigenvalue weighted by molar-refractivity contribution is -0.162. The second kappa shape index (κ2) is 13.5. The van der Waals surface area contributed by atoms with E-state index in [0.717, 1.165) is 5.57 Å². The number of hydrogen-bond acceptors (Lipinski definition) is 6. The first-order valence-corrected chi connectivity index (χ1v) is 12.3. The number of ether oxygens (including phenoxy) is 1. The van der Waals surface area contributed by atoms with E-state index in [1.54, 1.807) is 32.9 Å². The number of aromatic hydroxyl groups is 2. The van der Waals surface area contributed by atoms with Gasteiger partial charge in [-0.1, -0.05) is 35.5 Å². The van der Waals surface area contributed by atoms with Crippen LogP contribution in [0, 0.1) is 6.92 Å². The molecule has 0 aliphatic carbocycles. The summed E-state index contributed by atoms with van der Waals surface area (Å²) in [5, 5.41) is 41.5. The third-order valence-corrected chi connectivity index (χ3v) is 6.12. The monoisotopic (exact) mass is 488 g/mol. The maximum absolute atomic E-state index is 11.6. The Hall–Kier alpha value is -2.57. The Morgan fingerprint density at radius 3 is 2.23 bits per heavy atom. The van der Waals surface area contributed by atoms with Gasteiger partial charge >= 0.3 is 5.97 Å². The van der Waals surface area contributed by atoms with E-state index in [1.165, 1.54) is 24.6 Å². The van der Waals surface area contributed by atoms with E-state index in [1.807, 2.05) is 26.8 Å². The number of carbonyl (C=O) groups is 1. The minimum Gasteiger partial charge on any atom is -0.508 e. The molecular formula is C29H44O6. The van der Waals surface area contributed by atoms with Gasteiger partial charge in [-0.25, -0.2) is 0 Å². The van der Waals surface area contributed by atoms with Gasteiger partial charge in [-0.3, -0.25) is 4.79 Å². The summed E-state index contributed by atoms with van der Waals surface area (Å²) in [6, 6.07) is 2.95. The molecule has 1 aromatic carbocycles. The van der Waals surface area contributed by atoms with Crippen LogP contribution in [-0.2, 0) is 9.53 Å². The molecule has 4 N–H and O–H groups in total. The Bertz CT molecular complexity index is 933. The molecule has 0 heterocycles. The van der Waals surface area contributed by atoms with E-state index in [2.05, 4.69) is 6.08 Å². The van der Waals surface area contributed by atoms with E-state index in [9.17, 15) is 25.2 Å². The van der Waals surface area contributed by atoms with Crippen LogP contribution in [-0.4, -0.2) is 43.7 Å². The predicted molar refractivity (Wildman–Crippen MR) is 141 cm³/mol. The average molecular weight is 489 g/mol. The molecule has 0 aliphatic rings. The first-order valence-electron chi connectivity index (χ1n) is 12.3. The number of hydrogen-bond donors (Lipinski definition) is 4. The third kappa shape index (κ3) is 11.6. The highest BCUT2D eigenvalue weighted by atomic mass is 16.6. The first-order chi connectivity index (χ1) is 16.1. The van der Waals surface area contributed by atoms with Crippen molar-refractivity contribution in [2.45, 2.75) is 104 Å². The van der Waals surface area contributed by atoms with Gasteiger partial charge in [0.25, 0.3) is 0 Å². The van der Waals surface area contributed by atoms with Crippen LogP contribution in [0.25, 0.3) is 6.08 Å². The summed E-state index contributed by atoms with van der Waals surface area (Å²) in [5.41, 5.74) is 1.07. The summed E-state index contributed by atoms with van der Waals surface area (Å²) in [7, 11) is 0. The molecule has 0 saturated carbocycles. The lowest BCUT2D eigenvalue weighted by atomic mass is 9.88. The lowest BCUT2D eigenvalue weighted by Gasteiger charge is -2.32. The molecule has 0 bridgehead atoms. The molecule has 6 nitrogen and oxygen atoms in total. The van der Waals surface area contributed by atoms with Crippen molar-refractivity contribution >= 4 is 12.0 Å². The molecule has 1 aromatic rings. The van der Waals surface area contributed by atoms with Gasteiger partial charge in [-0.05, 0) is 97.8 Å². The molecule has 35 heavy (non-hydrogen) atoms. The predicted octanol–water partition coefficient (Wildman–Crippen LogP) is 6.11. The number of phenolic OH excluding ortho intramolecular Hbond substituents is 2. The van der Waals surface area contributed by atoms with Crippen LogP contribution < -0.4 is 0 Å². The zero-order valence-electron chi connectivity index (χ0n) is 22.4. The van der Waals surface area contributed by atoms with Crippen molar-refractivity contribution in [3.63, 3.8) is 0 Å². The van der Waals surface area contributed by atoms with E-state index in [-0.39, 0.29) is 11.5 Å². The number of aliphatic hydroxyl groups is 2.